The van der Waals surface area contributed by atoms with Crippen molar-refractivity contribution in [3.63, 3.8) is 0 Å². The Balaban J connectivity index is 2.43. The molecule has 7 heteroatoms. The second-order valence-corrected chi connectivity index (χ2v) is 4.26. The highest BCUT2D eigenvalue weighted by Crippen LogP contribution is 2.16. The summed E-state index contributed by atoms with van der Waals surface area (Å²) in [5.41, 5.74) is 7.79. The molecular formula is C11H8ClN3O2S. The Hall–Kier alpha value is -1.92. The first-order valence-corrected chi connectivity index (χ1v) is 5.67. The van der Waals surface area contributed by atoms with Crippen LogP contribution < -0.4 is 16.6 Å². The van der Waals surface area contributed by atoms with Crippen LogP contribution in [0.4, 0.5) is 0 Å². The summed E-state index contributed by atoms with van der Waals surface area (Å²) < 4.78 is 5.45. The molecule has 0 spiro atoms. The lowest BCUT2D eigenvalue weighted by atomic mass is 10.2. The molecule has 1 aromatic carbocycles. The van der Waals surface area contributed by atoms with Crippen molar-refractivity contribution in [2.24, 2.45) is 10.8 Å². The van der Waals surface area contributed by atoms with E-state index in [-0.39, 0.29) is 10.5 Å². The van der Waals surface area contributed by atoms with Gasteiger partial charge in [-0.3, -0.25) is 10.2 Å². The van der Waals surface area contributed by atoms with E-state index in [9.17, 15) is 4.79 Å². The standard InChI is InChI=1S/C11H8ClN3O2S/c12-6-1-2-10-8(3-6)9(16)4-7(17-10)5-14-15-11(13)18/h1-5H,(H3,13,15,18)/b14-5-. The molecule has 1 heterocycles. The molecule has 0 atom stereocenters. The summed E-state index contributed by atoms with van der Waals surface area (Å²) in [5.74, 6) is 0.290. The lowest BCUT2D eigenvalue weighted by Crippen LogP contribution is -2.24. The van der Waals surface area contributed by atoms with Gasteiger partial charge in [0.25, 0.3) is 0 Å². The summed E-state index contributed by atoms with van der Waals surface area (Å²) in [6.45, 7) is 0. The van der Waals surface area contributed by atoms with Gasteiger partial charge in [-0.1, -0.05) is 11.6 Å². The van der Waals surface area contributed by atoms with E-state index in [1.54, 1.807) is 18.2 Å². The number of nitrogens with zero attached hydrogens (tertiary/aromatic N) is 1. The Bertz CT molecular complexity index is 696. The maximum absolute atomic E-state index is 11.8. The Morgan fingerprint density at radius 2 is 2.28 bits per heavy atom. The highest BCUT2D eigenvalue weighted by molar-refractivity contribution is 7.80. The number of fused-ring (bicyclic) bond motifs is 1. The van der Waals surface area contributed by atoms with Gasteiger partial charge in [0.2, 0.25) is 0 Å². The first kappa shape index (κ1) is 12.5. The van der Waals surface area contributed by atoms with E-state index in [0.717, 1.165) is 0 Å². The Morgan fingerprint density at radius 1 is 1.50 bits per heavy atom. The second kappa shape index (κ2) is 5.16. The van der Waals surface area contributed by atoms with Gasteiger partial charge in [0.15, 0.2) is 16.3 Å². The van der Waals surface area contributed by atoms with E-state index in [4.69, 9.17) is 21.8 Å². The van der Waals surface area contributed by atoms with Crippen molar-refractivity contribution in [1.29, 1.82) is 0 Å². The van der Waals surface area contributed by atoms with Crippen LogP contribution in [-0.4, -0.2) is 11.3 Å². The fourth-order valence-corrected chi connectivity index (χ4v) is 1.60. The van der Waals surface area contributed by atoms with Gasteiger partial charge in [0, 0.05) is 11.1 Å². The van der Waals surface area contributed by atoms with Crippen molar-refractivity contribution in [2.75, 3.05) is 0 Å². The van der Waals surface area contributed by atoms with Gasteiger partial charge in [0.1, 0.15) is 5.58 Å². The number of nitrogens with one attached hydrogen (secondary N) is 1. The molecule has 2 rings (SSSR count). The van der Waals surface area contributed by atoms with E-state index in [1.807, 2.05) is 0 Å². The number of thiocarbonyl (C=S) groups is 1. The van der Waals surface area contributed by atoms with Gasteiger partial charge in [-0.15, -0.1) is 0 Å². The third-order valence-corrected chi connectivity index (χ3v) is 2.40. The van der Waals surface area contributed by atoms with Crippen molar-refractivity contribution >= 4 is 46.1 Å². The first-order valence-electron chi connectivity index (χ1n) is 4.88. The average Bonchev–Trinajstić information content (AvgIpc) is 2.30. The normalized spacial score (nSPS) is 10.9. The summed E-state index contributed by atoms with van der Waals surface area (Å²) >= 11 is 10.4. The fraction of sp³-hybridized carbons (Fsp3) is 0. The second-order valence-electron chi connectivity index (χ2n) is 3.39. The van der Waals surface area contributed by atoms with E-state index < -0.39 is 0 Å². The van der Waals surface area contributed by atoms with Gasteiger partial charge in [-0.05, 0) is 30.4 Å². The third kappa shape index (κ3) is 2.85. The molecule has 0 fully saturated rings. The zero-order valence-electron chi connectivity index (χ0n) is 9.01. The van der Waals surface area contributed by atoms with Crippen LogP contribution in [-0.2, 0) is 0 Å². The Labute approximate surface area is 112 Å². The van der Waals surface area contributed by atoms with E-state index >= 15 is 0 Å². The molecule has 92 valence electrons. The fourth-order valence-electron chi connectivity index (χ4n) is 1.37. The van der Waals surface area contributed by atoms with Crippen LogP contribution in [0, 0.1) is 0 Å². The molecule has 3 N–H and O–H groups in total. The van der Waals surface area contributed by atoms with E-state index in [1.165, 1.54) is 12.3 Å². The molecule has 0 saturated heterocycles. The topological polar surface area (TPSA) is 80.6 Å². The molecule has 0 unspecified atom stereocenters. The minimum Gasteiger partial charge on any atom is -0.455 e. The van der Waals surface area contributed by atoms with E-state index in [0.29, 0.717) is 21.8 Å². The number of nitrogens with two attached hydrogens (primary N) is 1. The highest BCUT2D eigenvalue weighted by Gasteiger charge is 2.03. The molecule has 18 heavy (non-hydrogen) atoms. The van der Waals surface area contributed by atoms with Crippen LogP contribution in [0.2, 0.25) is 5.02 Å². The Morgan fingerprint density at radius 3 is 3.00 bits per heavy atom. The summed E-state index contributed by atoms with van der Waals surface area (Å²) in [5, 5.41) is 4.63. The quantitative estimate of drug-likeness (QED) is 0.497. The number of benzene rings is 1. The molecule has 0 amide bonds. The minimum atomic E-state index is -0.199. The molecule has 0 radical (unpaired) electrons. The number of rotatable bonds is 2. The maximum Gasteiger partial charge on any atom is 0.193 e. The first-order chi connectivity index (χ1) is 8.56. The lowest BCUT2D eigenvalue weighted by molar-refractivity contribution is 0.594. The van der Waals surface area contributed by atoms with Crippen molar-refractivity contribution in [3.8, 4) is 0 Å². The summed E-state index contributed by atoms with van der Waals surface area (Å²) in [6, 6.07) is 6.12. The number of hydrogen-bond donors (Lipinski definition) is 2. The van der Waals surface area contributed by atoms with Gasteiger partial charge in [0.05, 0.1) is 11.6 Å². The molecular weight excluding hydrogens is 274 g/mol. The zero-order chi connectivity index (χ0) is 13.1. The number of hydrazone groups is 1. The molecule has 0 aliphatic heterocycles. The van der Waals surface area contributed by atoms with Crippen LogP contribution in [0.5, 0.6) is 0 Å². The molecule has 0 bridgehead atoms. The predicted molar refractivity (Wildman–Crippen MR) is 75.0 cm³/mol. The van der Waals surface area contributed by atoms with Gasteiger partial charge in [-0.2, -0.15) is 5.10 Å². The van der Waals surface area contributed by atoms with Crippen molar-refractivity contribution in [1.82, 2.24) is 5.43 Å². The lowest BCUT2D eigenvalue weighted by Gasteiger charge is -1.99. The average molecular weight is 282 g/mol. The molecule has 2 aromatic rings. The molecule has 1 aromatic heterocycles. The third-order valence-electron chi connectivity index (χ3n) is 2.07. The van der Waals surface area contributed by atoms with Crippen LogP contribution in [0.3, 0.4) is 0 Å². The number of halogens is 1. The SMILES string of the molecule is NC(=S)N/N=C\c1cc(=O)c2cc(Cl)ccc2o1. The smallest absolute Gasteiger partial charge is 0.193 e. The molecule has 0 saturated carbocycles. The minimum absolute atomic E-state index is 0.0289. The molecule has 0 aliphatic rings. The highest BCUT2D eigenvalue weighted by atomic mass is 35.5. The van der Waals surface area contributed by atoms with E-state index in [2.05, 4.69) is 22.7 Å². The van der Waals surface area contributed by atoms with Gasteiger partial charge in [-0.25, -0.2) is 0 Å². The van der Waals surface area contributed by atoms with Crippen molar-refractivity contribution < 1.29 is 4.42 Å². The molecule has 0 aliphatic carbocycles. The maximum atomic E-state index is 11.8. The van der Waals surface area contributed by atoms with Crippen molar-refractivity contribution in [2.45, 2.75) is 0 Å². The van der Waals surface area contributed by atoms with Crippen LogP contribution >= 0.6 is 23.8 Å². The molecule has 5 nitrogen and oxygen atoms in total. The zero-order valence-corrected chi connectivity index (χ0v) is 10.6. The predicted octanol–water partition coefficient (Wildman–Crippen LogP) is 1.61. The van der Waals surface area contributed by atoms with Crippen LogP contribution in [0.15, 0.2) is 38.6 Å². The van der Waals surface area contributed by atoms with Gasteiger partial charge >= 0.3 is 0 Å². The number of hydrogen-bond acceptors (Lipinski definition) is 4. The monoisotopic (exact) mass is 281 g/mol. The Kier molecular flexibility index (Phi) is 3.59. The summed E-state index contributed by atoms with van der Waals surface area (Å²) in [4.78, 5) is 11.8. The van der Waals surface area contributed by atoms with Crippen molar-refractivity contribution in [3.05, 3.63) is 45.3 Å². The van der Waals surface area contributed by atoms with Crippen LogP contribution in [0.25, 0.3) is 11.0 Å². The summed E-state index contributed by atoms with van der Waals surface area (Å²) in [7, 11) is 0. The van der Waals surface area contributed by atoms with Crippen LogP contribution in [0.1, 0.15) is 5.76 Å². The van der Waals surface area contributed by atoms with Gasteiger partial charge < -0.3 is 10.2 Å². The largest absolute Gasteiger partial charge is 0.455 e. The summed E-state index contributed by atoms with van der Waals surface area (Å²) in [6.07, 6.45) is 1.31.